The van der Waals surface area contributed by atoms with Crippen LogP contribution >= 0.6 is 11.8 Å². The van der Waals surface area contributed by atoms with Crippen molar-refractivity contribution in [3.05, 3.63) is 65.6 Å². The number of thioether (sulfide) groups is 1. The van der Waals surface area contributed by atoms with Crippen molar-refractivity contribution in [2.24, 2.45) is 0 Å². The standard InChI is InChI=1S/C24H26N4O3S/c1-17(18-2-3-19-15-24(29)32-22(19)14-18)21-6-7-28(26-21)23-5-4-20(16-25-23)31-13-10-27-8-11-30-12-9-27/h2-7,14,16-17H,8-13,15H2,1H3/t17-/m0/s1. The zero-order valence-electron chi connectivity index (χ0n) is 18.1. The third-order valence-electron chi connectivity index (χ3n) is 5.94. The number of ether oxygens (including phenoxy) is 2. The van der Waals surface area contributed by atoms with Crippen molar-refractivity contribution in [2.45, 2.75) is 24.2 Å². The van der Waals surface area contributed by atoms with Gasteiger partial charge >= 0.3 is 0 Å². The third kappa shape index (κ3) is 4.72. The first-order valence-corrected chi connectivity index (χ1v) is 11.8. The zero-order valence-corrected chi connectivity index (χ0v) is 18.9. The molecule has 2 aliphatic heterocycles. The van der Waals surface area contributed by atoms with Crippen LogP contribution in [0.2, 0.25) is 0 Å². The molecule has 7 nitrogen and oxygen atoms in total. The van der Waals surface area contributed by atoms with Crippen LogP contribution in [0.4, 0.5) is 0 Å². The average molecular weight is 451 g/mol. The van der Waals surface area contributed by atoms with Crippen LogP contribution in [0, 0.1) is 0 Å². The lowest BCUT2D eigenvalue weighted by Gasteiger charge is -2.26. The summed E-state index contributed by atoms with van der Waals surface area (Å²) >= 11 is 1.34. The number of hydrogen-bond acceptors (Lipinski definition) is 7. The van der Waals surface area contributed by atoms with Crippen LogP contribution in [-0.2, 0) is 16.0 Å². The number of nitrogens with zero attached hydrogens (tertiary/aromatic N) is 4. The van der Waals surface area contributed by atoms with Crippen LogP contribution in [0.25, 0.3) is 5.82 Å². The van der Waals surface area contributed by atoms with E-state index >= 15 is 0 Å². The molecule has 1 saturated heterocycles. The summed E-state index contributed by atoms with van der Waals surface area (Å²) in [5.41, 5.74) is 3.25. The van der Waals surface area contributed by atoms with Gasteiger partial charge in [0.25, 0.3) is 0 Å². The molecular formula is C24H26N4O3S. The van der Waals surface area contributed by atoms with Crippen LogP contribution in [0.1, 0.15) is 29.7 Å². The van der Waals surface area contributed by atoms with Gasteiger partial charge in [0.05, 0.1) is 25.1 Å². The van der Waals surface area contributed by atoms with Gasteiger partial charge in [-0.2, -0.15) is 5.10 Å². The smallest absolute Gasteiger partial charge is 0.198 e. The monoisotopic (exact) mass is 450 g/mol. The van der Waals surface area contributed by atoms with Gasteiger partial charge in [-0.05, 0) is 35.4 Å². The molecule has 0 bridgehead atoms. The fourth-order valence-corrected chi connectivity index (χ4v) is 4.91. The fourth-order valence-electron chi connectivity index (χ4n) is 3.97. The van der Waals surface area contributed by atoms with Crippen LogP contribution in [0.5, 0.6) is 5.75 Å². The summed E-state index contributed by atoms with van der Waals surface area (Å²) < 4.78 is 13.0. The molecule has 0 spiro atoms. The van der Waals surface area contributed by atoms with Crippen molar-refractivity contribution >= 4 is 16.9 Å². The maximum Gasteiger partial charge on any atom is 0.198 e. The van der Waals surface area contributed by atoms with E-state index in [9.17, 15) is 4.79 Å². The molecule has 2 aliphatic rings. The lowest BCUT2D eigenvalue weighted by Crippen LogP contribution is -2.38. The molecule has 5 rings (SSSR count). The van der Waals surface area contributed by atoms with Crippen molar-refractivity contribution in [3.8, 4) is 11.6 Å². The average Bonchev–Trinajstić information content (AvgIpc) is 3.45. The van der Waals surface area contributed by atoms with Crippen LogP contribution < -0.4 is 4.74 Å². The Kier molecular flexibility index (Phi) is 6.25. The highest BCUT2D eigenvalue weighted by atomic mass is 32.2. The summed E-state index contributed by atoms with van der Waals surface area (Å²) in [5, 5.41) is 4.96. The van der Waals surface area contributed by atoms with Crippen molar-refractivity contribution in [1.82, 2.24) is 19.7 Å². The Morgan fingerprint density at radius 1 is 1.19 bits per heavy atom. The Bertz CT molecular complexity index is 1090. The minimum atomic E-state index is 0.126. The van der Waals surface area contributed by atoms with Crippen molar-refractivity contribution < 1.29 is 14.3 Å². The summed E-state index contributed by atoms with van der Waals surface area (Å²) in [6.07, 6.45) is 4.20. The minimum Gasteiger partial charge on any atom is -0.491 e. The van der Waals surface area contributed by atoms with E-state index in [0.717, 1.165) is 66.1 Å². The van der Waals surface area contributed by atoms with E-state index < -0.39 is 0 Å². The number of hydrogen-bond donors (Lipinski definition) is 0. The molecule has 0 N–H and O–H groups in total. The van der Waals surface area contributed by atoms with Gasteiger partial charge < -0.3 is 9.47 Å². The van der Waals surface area contributed by atoms with Gasteiger partial charge in [-0.25, -0.2) is 9.67 Å². The molecule has 0 unspecified atom stereocenters. The Hall–Kier alpha value is -2.68. The van der Waals surface area contributed by atoms with Gasteiger partial charge in [-0.1, -0.05) is 30.8 Å². The second-order valence-corrected chi connectivity index (χ2v) is 9.18. The lowest BCUT2D eigenvalue weighted by atomic mass is 9.96. The summed E-state index contributed by atoms with van der Waals surface area (Å²) in [7, 11) is 0. The van der Waals surface area contributed by atoms with E-state index in [0.29, 0.717) is 13.0 Å². The number of rotatable bonds is 7. The van der Waals surface area contributed by atoms with E-state index in [1.165, 1.54) is 11.8 Å². The minimum absolute atomic E-state index is 0.126. The van der Waals surface area contributed by atoms with Crippen LogP contribution in [-0.4, -0.2) is 64.2 Å². The number of benzene rings is 1. The molecule has 1 fully saturated rings. The Morgan fingerprint density at radius 3 is 2.88 bits per heavy atom. The third-order valence-corrected chi connectivity index (χ3v) is 6.91. The topological polar surface area (TPSA) is 69.5 Å². The first kappa shape index (κ1) is 21.2. The van der Waals surface area contributed by atoms with E-state index in [-0.39, 0.29) is 11.0 Å². The maximum atomic E-state index is 11.7. The van der Waals surface area contributed by atoms with Gasteiger partial charge in [-0.3, -0.25) is 9.69 Å². The number of pyridine rings is 1. The van der Waals surface area contributed by atoms with Gasteiger partial charge in [-0.15, -0.1) is 0 Å². The summed E-state index contributed by atoms with van der Waals surface area (Å²) in [4.78, 5) is 19.6. The molecule has 3 aromatic rings. The normalized spacial score (nSPS) is 17.3. The zero-order chi connectivity index (χ0) is 21.9. The lowest BCUT2D eigenvalue weighted by molar-refractivity contribution is -0.110. The van der Waals surface area contributed by atoms with Gasteiger partial charge in [0, 0.05) is 43.1 Å². The number of carbonyl (C=O) groups excluding carboxylic acids is 1. The second kappa shape index (κ2) is 9.44. The molecule has 0 saturated carbocycles. The van der Waals surface area contributed by atoms with Crippen LogP contribution in [0.3, 0.4) is 0 Å². The quantitative estimate of drug-likeness (QED) is 0.547. The van der Waals surface area contributed by atoms with Crippen molar-refractivity contribution in [2.75, 3.05) is 39.5 Å². The molecule has 8 heteroatoms. The largest absolute Gasteiger partial charge is 0.491 e. The first-order chi connectivity index (χ1) is 15.7. The molecule has 166 valence electrons. The van der Waals surface area contributed by atoms with E-state index in [1.54, 1.807) is 10.9 Å². The van der Waals surface area contributed by atoms with E-state index in [4.69, 9.17) is 14.6 Å². The number of fused-ring (bicyclic) bond motifs is 1. The molecule has 0 aliphatic carbocycles. The Balaban J connectivity index is 1.20. The maximum absolute atomic E-state index is 11.7. The molecule has 0 amide bonds. The Labute approximate surface area is 191 Å². The summed E-state index contributed by atoms with van der Waals surface area (Å²) in [6, 6.07) is 12.2. The Morgan fingerprint density at radius 2 is 2.06 bits per heavy atom. The highest BCUT2D eigenvalue weighted by Gasteiger charge is 2.21. The summed E-state index contributed by atoms with van der Waals surface area (Å²) in [5.74, 6) is 1.63. The molecule has 0 radical (unpaired) electrons. The van der Waals surface area contributed by atoms with Crippen molar-refractivity contribution in [3.63, 3.8) is 0 Å². The van der Waals surface area contributed by atoms with Gasteiger partial charge in [0.1, 0.15) is 12.4 Å². The number of morpholine rings is 1. The van der Waals surface area contributed by atoms with Crippen molar-refractivity contribution in [1.29, 1.82) is 0 Å². The van der Waals surface area contributed by atoms with E-state index in [1.807, 2.05) is 24.4 Å². The predicted octanol–water partition coefficient (Wildman–Crippen LogP) is 3.30. The highest BCUT2D eigenvalue weighted by molar-refractivity contribution is 8.14. The fraction of sp³-hybridized carbons (Fsp3) is 0.375. The molecule has 2 aromatic heterocycles. The van der Waals surface area contributed by atoms with Gasteiger partial charge in [0.2, 0.25) is 0 Å². The molecule has 4 heterocycles. The van der Waals surface area contributed by atoms with E-state index in [2.05, 4.69) is 35.0 Å². The van der Waals surface area contributed by atoms with Crippen LogP contribution in [0.15, 0.2) is 53.7 Å². The SMILES string of the molecule is C[C@@H](c1ccc2c(c1)SC(=O)C2)c1ccn(-c2ccc(OCCN3CCOCC3)cn2)n1. The summed E-state index contributed by atoms with van der Waals surface area (Å²) in [6.45, 7) is 7.17. The predicted molar refractivity (Wildman–Crippen MR) is 123 cm³/mol. The first-order valence-electron chi connectivity index (χ1n) is 10.9. The second-order valence-electron chi connectivity index (χ2n) is 8.08. The highest BCUT2D eigenvalue weighted by Crippen LogP contribution is 2.35. The molecule has 1 atom stereocenters. The number of carbonyl (C=O) groups is 1. The number of aromatic nitrogens is 3. The van der Waals surface area contributed by atoms with Gasteiger partial charge in [0.15, 0.2) is 10.9 Å². The molecule has 1 aromatic carbocycles. The molecule has 32 heavy (non-hydrogen) atoms. The molecular weight excluding hydrogens is 424 g/mol.